The number of hydrogen-bond donors (Lipinski definition) is 0. The molecule has 0 heterocycles. The van der Waals surface area contributed by atoms with Crippen LogP contribution in [-0.2, 0) is 20.7 Å². The minimum absolute atomic E-state index is 0.129. The van der Waals surface area contributed by atoms with Gasteiger partial charge in [-0.25, -0.2) is 4.79 Å². The number of Topliss-reactive ketones (excluding diaryl/α,β-unsaturated/α-hetero) is 1. The highest BCUT2D eigenvalue weighted by atomic mass is 16.5. The maximum Gasteiger partial charge on any atom is 0.374 e. The molecule has 0 aliphatic heterocycles. The first-order chi connectivity index (χ1) is 9.07. The lowest BCUT2D eigenvalue weighted by Crippen LogP contribution is -2.18. The summed E-state index contributed by atoms with van der Waals surface area (Å²) >= 11 is 0. The molecular weight excluding hydrogens is 252 g/mol. The molecule has 0 N–H and O–H groups in total. The molecule has 0 radical (unpaired) electrons. The number of ketones is 1. The van der Waals surface area contributed by atoms with Crippen molar-refractivity contribution in [3.8, 4) is 17.2 Å². The van der Waals surface area contributed by atoms with Crippen molar-refractivity contribution in [2.24, 2.45) is 0 Å². The van der Waals surface area contributed by atoms with Crippen LogP contribution in [0, 0.1) is 0 Å². The number of benzene rings is 1. The maximum atomic E-state index is 11.6. The molecule has 0 saturated heterocycles. The van der Waals surface area contributed by atoms with Crippen molar-refractivity contribution in [3.63, 3.8) is 0 Å². The Bertz CT molecular complexity index is 480. The number of carbonyl (C=O) groups excluding carboxylic acids is 2. The molecule has 0 aliphatic carbocycles. The molecule has 104 valence electrons. The Hall–Kier alpha value is -2.24. The second-order valence-corrected chi connectivity index (χ2v) is 3.61. The molecule has 0 amide bonds. The molecular formula is C13H16O6. The lowest BCUT2D eigenvalue weighted by molar-refractivity contribution is -0.151. The Balaban J connectivity index is 3.12. The van der Waals surface area contributed by atoms with Crippen LogP contribution in [-0.4, -0.2) is 40.2 Å². The summed E-state index contributed by atoms with van der Waals surface area (Å²) in [5, 5.41) is 0. The van der Waals surface area contributed by atoms with Crippen LogP contribution >= 0.6 is 0 Å². The number of carbonyl (C=O) groups is 2. The van der Waals surface area contributed by atoms with Crippen LogP contribution in [0.5, 0.6) is 17.2 Å². The largest absolute Gasteiger partial charge is 0.496 e. The van der Waals surface area contributed by atoms with E-state index in [4.69, 9.17) is 14.2 Å². The number of methoxy groups -OCH3 is 4. The summed E-state index contributed by atoms with van der Waals surface area (Å²) in [6.45, 7) is 0. The summed E-state index contributed by atoms with van der Waals surface area (Å²) in [6, 6.07) is 3.19. The third-order valence-electron chi connectivity index (χ3n) is 2.55. The molecule has 0 bridgehead atoms. The quantitative estimate of drug-likeness (QED) is 0.566. The first kappa shape index (κ1) is 14.8. The standard InChI is InChI=1S/C13H16O6/c1-16-10-7-12(18-3)11(17-2)6-8(10)5-9(14)13(15)19-4/h6-7H,5H2,1-4H3. The molecule has 0 atom stereocenters. The summed E-state index contributed by atoms with van der Waals surface area (Å²) < 4.78 is 19.8. The zero-order valence-electron chi connectivity index (χ0n) is 11.3. The van der Waals surface area contributed by atoms with E-state index in [2.05, 4.69) is 4.74 Å². The van der Waals surface area contributed by atoms with Crippen LogP contribution in [0.15, 0.2) is 12.1 Å². The molecule has 0 aromatic heterocycles. The summed E-state index contributed by atoms with van der Waals surface area (Å²) in [4.78, 5) is 22.7. The van der Waals surface area contributed by atoms with Crippen LogP contribution in [0.4, 0.5) is 0 Å². The van der Waals surface area contributed by atoms with Gasteiger partial charge in [-0.15, -0.1) is 0 Å². The zero-order chi connectivity index (χ0) is 14.4. The van der Waals surface area contributed by atoms with Crippen molar-refractivity contribution < 1.29 is 28.5 Å². The van der Waals surface area contributed by atoms with Gasteiger partial charge in [-0.2, -0.15) is 0 Å². The van der Waals surface area contributed by atoms with Gasteiger partial charge >= 0.3 is 5.97 Å². The molecule has 1 rings (SSSR count). The first-order valence-corrected chi connectivity index (χ1v) is 5.47. The predicted octanol–water partition coefficient (Wildman–Crippen LogP) is 0.997. The van der Waals surface area contributed by atoms with Gasteiger partial charge in [-0.05, 0) is 6.07 Å². The van der Waals surface area contributed by atoms with Crippen molar-refractivity contribution in [2.75, 3.05) is 28.4 Å². The minimum atomic E-state index is -0.892. The fourth-order valence-electron chi connectivity index (χ4n) is 1.59. The van der Waals surface area contributed by atoms with Crippen LogP contribution in [0.2, 0.25) is 0 Å². The maximum absolute atomic E-state index is 11.6. The van der Waals surface area contributed by atoms with E-state index < -0.39 is 11.8 Å². The van der Waals surface area contributed by atoms with E-state index in [1.165, 1.54) is 21.3 Å². The molecule has 0 spiro atoms. The van der Waals surface area contributed by atoms with Crippen LogP contribution < -0.4 is 14.2 Å². The van der Waals surface area contributed by atoms with Gasteiger partial charge < -0.3 is 18.9 Å². The average Bonchev–Trinajstić information content (AvgIpc) is 2.45. The fourth-order valence-corrected chi connectivity index (χ4v) is 1.59. The molecule has 19 heavy (non-hydrogen) atoms. The van der Waals surface area contributed by atoms with E-state index in [0.29, 0.717) is 22.8 Å². The number of hydrogen-bond acceptors (Lipinski definition) is 6. The van der Waals surface area contributed by atoms with Gasteiger partial charge in [0.05, 0.1) is 28.4 Å². The molecule has 6 nitrogen and oxygen atoms in total. The van der Waals surface area contributed by atoms with E-state index in [1.54, 1.807) is 12.1 Å². The smallest absolute Gasteiger partial charge is 0.374 e. The Morgan fingerprint density at radius 1 is 0.895 bits per heavy atom. The van der Waals surface area contributed by atoms with Gasteiger partial charge in [0.15, 0.2) is 11.5 Å². The summed E-state index contributed by atoms with van der Waals surface area (Å²) in [6.07, 6.45) is -0.129. The molecule has 0 unspecified atom stereocenters. The van der Waals surface area contributed by atoms with E-state index in [9.17, 15) is 9.59 Å². The molecule has 0 fully saturated rings. The first-order valence-electron chi connectivity index (χ1n) is 5.47. The zero-order valence-corrected chi connectivity index (χ0v) is 11.3. The second-order valence-electron chi connectivity index (χ2n) is 3.61. The molecule has 1 aromatic carbocycles. The summed E-state index contributed by atoms with van der Waals surface area (Å²) in [7, 11) is 5.60. The average molecular weight is 268 g/mol. The second kappa shape index (κ2) is 6.63. The number of ether oxygens (including phenoxy) is 4. The monoisotopic (exact) mass is 268 g/mol. The van der Waals surface area contributed by atoms with Gasteiger partial charge in [0.1, 0.15) is 5.75 Å². The summed E-state index contributed by atoms with van der Waals surface area (Å²) in [5.74, 6) is -0.177. The van der Waals surface area contributed by atoms with Crippen molar-refractivity contribution in [2.45, 2.75) is 6.42 Å². The number of esters is 1. The fraction of sp³-hybridized carbons (Fsp3) is 0.385. The van der Waals surface area contributed by atoms with E-state index in [0.717, 1.165) is 7.11 Å². The minimum Gasteiger partial charge on any atom is -0.496 e. The normalized spacial score (nSPS) is 9.68. The van der Waals surface area contributed by atoms with Crippen LogP contribution in [0.25, 0.3) is 0 Å². The van der Waals surface area contributed by atoms with Crippen molar-refractivity contribution in [1.29, 1.82) is 0 Å². The predicted molar refractivity (Wildman–Crippen MR) is 66.8 cm³/mol. The molecule has 0 aliphatic rings. The lowest BCUT2D eigenvalue weighted by atomic mass is 10.1. The van der Waals surface area contributed by atoms with E-state index in [1.807, 2.05) is 0 Å². The third kappa shape index (κ3) is 3.37. The van der Waals surface area contributed by atoms with E-state index in [-0.39, 0.29) is 6.42 Å². The highest BCUT2D eigenvalue weighted by molar-refractivity contribution is 6.34. The summed E-state index contributed by atoms with van der Waals surface area (Å²) in [5.41, 5.74) is 0.524. The highest BCUT2D eigenvalue weighted by Gasteiger charge is 2.19. The van der Waals surface area contributed by atoms with Crippen molar-refractivity contribution in [1.82, 2.24) is 0 Å². The van der Waals surface area contributed by atoms with Gasteiger partial charge in [-0.1, -0.05) is 0 Å². The van der Waals surface area contributed by atoms with E-state index >= 15 is 0 Å². The van der Waals surface area contributed by atoms with Gasteiger partial charge in [-0.3, -0.25) is 4.79 Å². The van der Waals surface area contributed by atoms with Crippen molar-refractivity contribution >= 4 is 11.8 Å². The Morgan fingerprint density at radius 3 is 1.89 bits per heavy atom. The molecule has 1 aromatic rings. The van der Waals surface area contributed by atoms with Gasteiger partial charge in [0, 0.05) is 18.1 Å². The molecule has 6 heteroatoms. The van der Waals surface area contributed by atoms with Crippen LogP contribution in [0.1, 0.15) is 5.56 Å². The van der Waals surface area contributed by atoms with Gasteiger partial charge in [0.25, 0.3) is 0 Å². The number of rotatable bonds is 6. The SMILES string of the molecule is COC(=O)C(=O)Cc1cc(OC)c(OC)cc1OC. The molecule has 0 saturated carbocycles. The van der Waals surface area contributed by atoms with Crippen molar-refractivity contribution in [3.05, 3.63) is 17.7 Å². The van der Waals surface area contributed by atoms with Gasteiger partial charge in [0.2, 0.25) is 5.78 Å². The topological polar surface area (TPSA) is 71.1 Å². The highest BCUT2D eigenvalue weighted by Crippen LogP contribution is 2.34. The Morgan fingerprint density at radius 2 is 1.42 bits per heavy atom. The lowest BCUT2D eigenvalue weighted by Gasteiger charge is -2.13. The van der Waals surface area contributed by atoms with Crippen LogP contribution in [0.3, 0.4) is 0 Å². The Labute approximate surface area is 111 Å². The third-order valence-corrected chi connectivity index (χ3v) is 2.55. The Kier molecular flexibility index (Phi) is 5.17.